The van der Waals surface area contributed by atoms with Crippen molar-refractivity contribution in [2.75, 3.05) is 39.4 Å². The average Bonchev–Trinajstić information content (AvgIpc) is 2.66. The van der Waals surface area contributed by atoms with Crippen LogP contribution in [0.3, 0.4) is 0 Å². The second kappa shape index (κ2) is 11.1. The molecule has 0 radical (unpaired) electrons. The number of hydrogen-bond donors (Lipinski definition) is 3. The largest absolute Gasteiger partial charge is 0.505 e. The molecule has 0 amide bonds. The van der Waals surface area contributed by atoms with Gasteiger partial charge in [0.25, 0.3) is 0 Å². The van der Waals surface area contributed by atoms with Crippen LogP contribution >= 0.6 is 0 Å². The van der Waals surface area contributed by atoms with Gasteiger partial charge >= 0.3 is 0 Å². The van der Waals surface area contributed by atoms with Crippen molar-refractivity contribution in [3.05, 3.63) is 29.6 Å². The molecule has 1 aliphatic rings. The summed E-state index contributed by atoms with van der Waals surface area (Å²) in [6.45, 7) is 11.9. The van der Waals surface area contributed by atoms with E-state index in [-0.39, 0.29) is 5.75 Å². The molecule has 6 nitrogen and oxygen atoms in total. The van der Waals surface area contributed by atoms with Gasteiger partial charge in [0.2, 0.25) is 0 Å². The van der Waals surface area contributed by atoms with Crippen LogP contribution in [0.15, 0.2) is 23.2 Å². The Morgan fingerprint density at radius 1 is 1.30 bits per heavy atom. The third-order valence-corrected chi connectivity index (χ3v) is 4.59. The van der Waals surface area contributed by atoms with Crippen molar-refractivity contribution in [2.45, 2.75) is 39.8 Å². The number of nitrogens with zero attached hydrogens (tertiary/aromatic N) is 2. The van der Waals surface area contributed by atoms with E-state index in [4.69, 9.17) is 4.74 Å². The van der Waals surface area contributed by atoms with Gasteiger partial charge < -0.3 is 20.5 Å². The first-order valence-corrected chi connectivity index (χ1v) is 9.81. The van der Waals surface area contributed by atoms with Crippen molar-refractivity contribution in [3.8, 4) is 5.75 Å². The number of rotatable bonds is 8. The maximum atomic E-state index is 13.5. The molecule has 1 heterocycles. The lowest BCUT2D eigenvalue weighted by atomic mass is 10.0. The third-order valence-electron chi connectivity index (χ3n) is 4.59. The lowest BCUT2D eigenvalue weighted by molar-refractivity contribution is 0.0132. The number of halogens is 1. The minimum atomic E-state index is -0.620. The highest BCUT2D eigenvalue weighted by atomic mass is 19.1. The van der Waals surface area contributed by atoms with Gasteiger partial charge in [0.1, 0.15) is 0 Å². The molecule has 0 spiro atoms. The average molecular weight is 381 g/mol. The first-order chi connectivity index (χ1) is 13.0. The van der Waals surface area contributed by atoms with Gasteiger partial charge in [-0.2, -0.15) is 0 Å². The second-order valence-corrected chi connectivity index (χ2v) is 7.29. The van der Waals surface area contributed by atoms with Gasteiger partial charge in [-0.05, 0) is 37.0 Å². The van der Waals surface area contributed by atoms with Crippen molar-refractivity contribution in [3.63, 3.8) is 0 Å². The fourth-order valence-electron chi connectivity index (χ4n) is 3.22. The zero-order chi connectivity index (χ0) is 19.6. The van der Waals surface area contributed by atoms with Crippen molar-refractivity contribution < 1.29 is 14.2 Å². The Balaban J connectivity index is 1.98. The van der Waals surface area contributed by atoms with Crippen molar-refractivity contribution >= 4 is 5.96 Å². The Bertz CT molecular complexity index is 604. The molecule has 0 aromatic heterocycles. The third kappa shape index (κ3) is 7.34. The number of phenolic OH excluding ortho intramolecular Hbond substituents is 1. The highest BCUT2D eigenvalue weighted by Gasteiger charge is 2.22. The van der Waals surface area contributed by atoms with Crippen LogP contribution in [0.4, 0.5) is 4.39 Å². The normalized spacial score (nSPS) is 17.1. The van der Waals surface area contributed by atoms with Gasteiger partial charge in [-0.15, -0.1) is 0 Å². The standard InChI is InChI=1S/C20H33FN4O2/c1-4-22-20(23-13-16-5-6-19(26)18(21)12-16)24-14-17(11-15(2)3)25-7-9-27-10-8-25/h5-6,12,15,17,26H,4,7-11,13-14H2,1-3H3,(H2,22,23,24). The summed E-state index contributed by atoms with van der Waals surface area (Å²) in [5, 5.41) is 16.0. The lowest BCUT2D eigenvalue weighted by Crippen LogP contribution is -2.51. The van der Waals surface area contributed by atoms with Crippen molar-refractivity contribution in [1.82, 2.24) is 15.5 Å². The number of ether oxygens (including phenoxy) is 1. The number of aliphatic imine (C=N–C) groups is 1. The quantitative estimate of drug-likeness (QED) is 0.477. The smallest absolute Gasteiger partial charge is 0.191 e. The van der Waals surface area contributed by atoms with Crippen molar-refractivity contribution in [2.24, 2.45) is 10.9 Å². The van der Waals surface area contributed by atoms with Crippen LogP contribution in [0.2, 0.25) is 0 Å². The van der Waals surface area contributed by atoms with Crippen LogP contribution in [-0.4, -0.2) is 61.4 Å². The molecule has 1 unspecified atom stereocenters. The van der Waals surface area contributed by atoms with E-state index in [0.717, 1.165) is 51.4 Å². The Hall–Kier alpha value is -1.86. The number of phenols is 1. The van der Waals surface area contributed by atoms with Crippen LogP contribution in [0.1, 0.15) is 32.8 Å². The molecule has 1 aliphatic heterocycles. The summed E-state index contributed by atoms with van der Waals surface area (Å²) in [5.41, 5.74) is 0.717. The first kappa shape index (κ1) is 21.4. The van der Waals surface area contributed by atoms with Gasteiger partial charge in [0, 0.05) is 32.2 Å². The fraction of sp³-hybridized carbons (Fsp3) is 0.650. The van der Waals surface area contributed by atoms with Gasteiger partial charge in [-0.1, -0.05) is 19.9 Å². The highest BCUT2D eigenvalue weighted by molar-refractivity contribution is 5.79. The van der Waals surface area contributed by atoms with E-state index in [0.29, 0.717) is 24.5 Å². The van der Waals surface area contributed by atoms with Crippen molar-refractivity contribution in [1.29, 1.82) is 0 Å². The molecular weight excluding hydrogens is 347 g/mol. The molecule has 2 rings (SSSR count). The van der Waals surface area contributed by atoms with E-state index < -0.39 is 5.82 Å². The predicted molar refractivity (Wildman–Crippen MR) is 107 cm³/mol. The Labute approximate surface area is 161 Å². The summed E-state index contributed by atoms with van der Waals surface area (Å²) in [5.74, 6) is 0.368. The molecule has 1 aromatic rings. The Morgan fingerprint density at radius 2 is 2.04 bits per heavy atom. The topological polar surface area (TPSA) is 69.1 Å². The van der Waals surface area contributed by atoms with E-state index in [1.165, 1.54) is 12.1 Å². The van der Waals surface area contributed by atoms with E-state index in [1.54, 1.807) is 6.07 Å². The second-order valence-electron chi connectivity index (χ2n) is 7.29. The van der Waals surface area contributed by atoms with E-state index in [9.17, 15) is 9.50 Å². The number of hydrogen-bond acceptors (Lipinski definition) is 4. The summed E-state index contributed by atoms with van der Waals surface area (Å²) < 4.78 is 19.0. The molecular formula is C20H33FN4O2. The molecule has 1 saturated heterocycles. The van der Waals surface area contributed by atoms with E-state index >= 15 is 0 Å². The highest BCUT2D eigenvalue weighted by Crippen LogP contribution is 2.16. The maximum Gasteiger partial charge on any atom is 0.191 e. The summed E-state index contributed by atoms with van der Waals surface area (Å²) in [4.78, 5) is 7.04. The SMILES string of the molecule is CCNC(=NCc1ccc(O)c(F)c1)NCC(CC(C)C)N1CCOCC1. The van der Waals surface area contributed by atoms with Gasteiger partial charge in [0.15, 0.2) is 17.5 Å². The molecule has 7 heteroatoms. The van der Waals surface area contributed by atoms with Gasteiger partial charge in [0.05, 0.1) is 19.8 Å². The molecule has 1 atom stereocenters. The zero-order valence-corrected chi connectivity index (χ0v) is 16.7. The fourth-order valence-corrected chi connectivity index (χ4v) is 3.22. The van der Waals surface area contributed by atoms with Crippen LogP contribution in [0, 0.1) is 11.7 Å². The summed E-state index contributed by atoms with van der Waals surface area (Å²) in [7, 11) is 0. The molecule has 0 bridgehead atoms. The molecule has 3 N–H and O–H groups in total. The number of aromatic hydroxyl groups is 1. The molecule has 1 aromatic carbocycles. The molecule has 0 aliphatic carbocycles. The summed E-state index contributed by atoms with van der Waals surface area (Å²) >= 11 is 0. The Kier molecular flexibility index (Phi) is 8.81. The van der Waals surface area contributed by atoms with Crippen LogP contribution < -0.4 is 10.6 Å². The van der Waals surface area contributed by atoms with E-state index in [1.807, 2.05) is 6.92 Å². The monoisotopic (exact) mass is 380 g/mol. The van der Waals surface area contributed by atoms with Crippen LogP contribution in [-0.2, 0) is 11.3 Å². The predicted octanol–water partition coefficient (Wildman–Crippen LogP) is 2.33. The number of benzene rings is 1. The number of guanidine groups is 1. The maximum absolute atomic E-state index is 13.5. The molecule has 152 valence electrons. The minimum absolute atomic E-state index is 0.338. The zero-order valence-electron chi connectivity index (χ0n) is 16.7. The molecule has 1 fully saturated rings. The van der Waals surface area contributed by atoms with Gasteiger partial charge in [-0.25, -0.2) is 9.38 Å². The minimum Gasteiger partial charge on any atom is -0.505 e. The number of nitrogens with one attached hydrogen (secondary N) is 2. The first-order valence-electron chi connectivity index (χ1n) is 9.81. The summed E-state index contributed by atoms with van der Waals surface area (Å²) in [6.07, 6.45) is 1.11. The van der Waals surface area contributed by atoms with Gasteiger partial charge in [-0.3, -0.25) is 4.90 Å². The van der Waals surface area contributed by atoms with Crippen LogP contribution in [0.25, 0.3) is 0 Å². The van der Waals surface area contributed by atoms with E-state index in [2.05, 4.69) is 34.4 Å². The Morgan fingerprint density at radius 3 is 2.67 bits per heavy atom. The molecule has 27 heavy (non-hydrogen) atoms. The lowest BCUT2D eigenvalue weighted by Gasteiger charge is -2.35. The summed E-state index contributed by atoms with van der Waals surface area (Å²) in [6, 6.07) is 4.78. The van der Waals surface area contributed by atoms with Crippen LogP contribution in [0.5, 0.6) is 5.75 Å². The molecule has 0 saturated carbocycles. The number of morpholine rings is 1.